The van der Waals surface area contributed by atoms with Crippen LogP contribution in [0.4, 0.5) is 0 Å². The SMILES string of the molecule is CCN(Cc1ccccc1)C(=O)COC(=O)CNC(=O)c1ccc(C(C)(C)C)cc1. The number of likely N-dealkylation sites (N-methyl/N-ethyl adjacent to an activating group) is 1. The molecule has 0 aliphatic rings. The van der Waals surface area contributed by atoms with E-state index in [1.807, 2.05) is 49.4 Å². The Morgan fingerprint density at radius 1 is 0.967 bits per heavy atom. The summed E-state index contributed by atoms with van der Waals surface area (Å²) in [5.74, 6) is -1.30. The fraction of sp³-hybridized carbons (Fsp3) is 0.375. The van der Waals surface area contributed by atoms with Crippen LogP contribution in [-0.2, 0) is 26.3 Å². The number of hydrogen-bond donors (Lipinski definition) is 1. The molecule has 0 unspecified atom stereocenters. The number of nitrogens with one attached hydrogen (secondary N) is 1. The molecule has 0 spiro atoms. The molecule has 6 heteroatoms. The molecule has 1 N–H and O–H groups in total. The van der Waals surface area contributed by atoms with Gasteiger partial charge in [0.05, 0.1) is 0 Å². The molecule has 0 atom stereocenters. The number of nitrogens with zero attached hydrogens (tertiary/aromatic N) is 1. The van der Waals surface area contributed by atoms with Crippen molar-refractivity contribution in [3.8, 4) is 0 Å². The van der Waals surface area contributed by atoms with E-state index in [4.69, 9.17) is 4.74 Å². The summed E-state index contributed by atoms with van der Waals surface area (Å²) in [6.07, 6.45) is 0. The van der Waals surface area contributed by atoms with Crippen LogP contribution < -0.4 is 5.32 Å². The summed E-state index contributed by atoms with van der Waals surface area (Å²) in [6.45, 7) is 8.47. The minimum atomic E-state index is -0.654. The lowest BCUT2D eigenvalue weighted by molar-refractivity contribution is -0.151. The maximum atomic E-state index is 12.3. The summed E-state index contributed by atoms with van der Waals surface area (Å²) in [5.41, 5.74) is 2.58. The normalized spacial score (nSPS) is 10.9. The van der Waals surface area contributed by atoms with Gasteiger partial charge >= 0.3 is 5.97 Å². The van der Waals surface area contributed by atoms with Crippen LogP contribution in [0, 0.1) is 0 Å². The van der Waals surface area contributed by atoms with Crippen molar-refractivity contribution in [2.75, 3.05) is 19.7 Å². The van der Waals surface area contributed by atoms with E-state index in [1.165, 1.54) is 0 Å². The Kier molecular flexibility index (Phi) is 8.16. The molecular formula is C24H30N2O4. The van der Waals surface area contributed by atoms with Crippen molar-refractivity contribution in [3.05, 3.63) is 71.3 Å². The highest BCUT2D eigenvalue weighted by Gasteiger charge is 2.17. The van der Waals surface area contributed by atoms with E-state index in [1.54, 1.807) is 17.0 Å². The van der Waals surface area contributed by atoms with Gasteiger partial charge in [0.1, 0.15) is 6.54 Å². The maximum absolute atomic E-state index is 12.3. The average Bonchev–Trinajstić information content (AvgIpc) is 2.74. The summed E-state index contributed by atoms with van der Waals surface area (Å²) in [6, 6.07) is 16.9. The van der Waals surface area contributed by atoms with Gasteiger partial charge in [0.15, 0.2) is 6.61 Å². The summed E-state index contributed by atoms with van der Waals surface area (Å²) in [5, 5.41) is 2.53. The Morgan fingerprint density at radius 2 is 1.60 bits per heavy atom. The fourth-order valence-corrected chi connectivity index (χ4v) is 2.84. The molecule has 0 saturated heterocycles. The standard InChI is InChI=1S/C24H30N2O4/c1-5-26(16-18-9-7-6-8-10-18)21(27)17-30-22(28)15-25-23(29)19-11-13-20(14-12-19)24(2,3)4/h6-14H,5,15-17H2,1-4H3,(H,25,29). The van der Waals surface area contributed by atoms with Gasteiger partial charge in [-0.3, -0.25) is 14.4 Å². The smallest absolute Gasteiger partial charge is 0.325 e. The van der Waals surface area contributed by atoms with Crippen LogP contribution >= 0.6 is 0 Å². The van der Waals surface area contributed by atoms with Crippen molar-refractivity contribution in [2.45, 2.75) is 39.7 Å². The highest BCUT2D eigenvalue weighted by molar-refractivity contribution is 5.96. The Bertz CT molecular complexity index is 855. The number of hydrogen-bond acceptors (Lipinski definition) is 4. The number of amides is 2. The average molecular weight is 411 g/mol. The number of ether oxygens (including phenoxy) is 1. The minimum absolute atomic E-state index is 0.00175. The van der Waals surface area contributed by atoms with E-state index in [2.05, 4.69) is 26.1 Å². The lowest BCUT2D eigenvalue weighted by atomic mass is 9.87. The molecule has 2 amide bonds. The van der Waals surface area contributed by atoms with Crippen LogP contribution in [0.2, 0.25) is 0 Å². The van der Waals surface area contributed by atoms with Crippen molar-refractivity contribution in [2.24, 2.45) is 0 Å². The number of carbonyl (C=O) groups excluding carboxylic acids is 3. The van der Waals surface area contributed by atoms with E-state index in [-0.39, 0.29) is 30.4 Å². The molecule has 0 bridgehead atoms. The summed E-state index contributed by atoms with van der Waals surface area (Å²) >= 11 is 0. The zero-order chi connectivity index (χ0) is 22.1. The minimum Gasteiger partial charge on any atom is -0.454 e. The van der Waals surface area contributed by atoms with Gasteiger partial charge in [-0.25, -0.2) is 0 Å². The predicted octanol–water partition coefficient (Wildman–Crippen LogP) is 3.31. The Labute approximate surface area is 178 Å². The number of rotatable bonds is 8. The van der Waals surface area contributed by atoms with Crippen LogP contribution in [0.15, 0.2) is 54.6 Å². The van der Waals surface area contributed by atoms with E-state index >= 15 is 0 Å². The van der Waals surface area contributed by atoms with Crippen LogP contribution in [-0.4, -0.2) is 42.4 Å². The lowest BCUT2D eigenvalue weighted by Crippen LogP contribution is -2.36. The van der Waals surface area contributed by atoms with Crippen LogP contribution in [0.25, 0.3) is 0 Å². The summed E-state index contributed by atoms with van der Waals surface area (Å²) in [4.78, 5) is 38.1. The van der Waals surface area contributed by atoms with Crippen LogP contribution in [0.5, 0.6) is 0 Å². The van der Waals surface area contributed by atoms with Gasteiger partial charge < -0.3 is 15.0 Å². The second-order valence-electron chi connectivity index (χ2n) is 8.06. The molecule has 2 rings (SSSR count). The van der Waals surface area contributed by atoms with Gasteiger partial charge in [0.2, 0.25) is 0 Å². The lowest BCUT2D eigenvalue weighted by Gasteiger charge is -2.21. The van der Waals surface area contributed by atoms with Gasteiger partial charge in [0, 0.05) is 18.7 Å². The molecule has 6 nitrogen and oxygen atoms in total. The largest absolute Gasteiger partial charge is 0.454 e. The molecule has 0 aliphatic heterocycles. The molecule has 2 aromatic carbocycles. The molecule has 0 aromatic heterocycles. The molecule has 30 heavy (non-hydrogen) atoms. The Morgan fingerprint density at radius 3 is 2.17 bits per heavy atom. The first-order chi connectivity index (χ1) is 14.2. The third-order valence-corrected chi connectivity index (χ3v) is 4.71. The van der Waals surface area contributed by atoms with Crippen molar-refractivity contribution >= 4 is 17.8 Å². The molecule has 0 fully saturated rings. The predicted molar refractivity (Wildman–Crippen MR) is 116 cm³/mol. The van der Waals surface area contributed by atoms with Gasteiger partial charge in [-0.05, 0) is 35.6 Å². The molecule has 0 heterocycles. The first kappa shape index (κ1) is 23.1. The topological polar surface area (TPSA) is 75.7 Å². The van der Waals surface area contributed by atoms with Gasteiger partial charge in [-0.1, -0.05) is 63.2 Å². The van der Waals surface area contributed by atoms with Crippen LogP contribution in [0.3, 0.4) is 0 Å². The van der Waals surface area contributed by atoms with Crippen molar-refractivity contribution in [3.63, 3.8) is 0 Å². The van der Waals surface area contributed by atoms with Crippen molar-refractivity contribution < 1.29 is 19.1 Å². The third kappa shape index (κ3) is 7.03. The van der Waals surface area contributed by atoms with E-state index in [0.717, 1.165) is 11.1 Å². The number of esters is 1. The third-order valence-electron chi connectivity index (χ3n) is 4.71. The second-order valence-corrected chi connectivity index (χ2v) is 8.06. The Hall–Kier alpha value is -3.15. The molecule has 0 aliphatic carbocycles. The van der Waals surface area contributed by atoms with E-state index in [0.29, 0.717) is 18.7 Å². The highest BCUT2D eigenvalue weighted by Crippen LogP contribution is 2.22. The quantitative estimate of drug-likeness (QED) is 0.678. The summed E-state index contributed by atoms with van der Waals surface area (Å²) in [7, 11) is 0. The van der Waals surface area contributed by atoms with Gasteiger partial charge in [0.25, 0.3) is 11.8 Å². The number of benzene rings is 2. The van der Waals surface area contributed by atoms with Crippen molar-refractivity contribution in [1.29, 1.82) is 0 Å². The molecule has 160 valence electrons. The Balaban J connectivity index is 1.78. The highest BCUT2D eigenvalue weighted by atomic mass is 16.5. The van der Waals surface area contributed by atoms with Gasteiger partial charge in [-0.2, -0.15) is 0 Å². The maximum Gasteiger partial charge on any atom is 0.325 e. The van der Waals surface area contributed by atoms with Crippen LogP contribution in [0.1, 0.15) is 49.2 Å². The second kappa shape index (κ2) is 10.6. The molecule has 2 aromatic rings. The summed E-state index contributed by atoms with van der Waals surface area (Å²) < 4.78 is 5.03. The molecular weight excluding hydrogens is 380 g/mol. The first-order valence-electron chi connectivity index (χ1n) is 10.1. The molecule has 0 saturated carbocycles. The van der Waals surface area contributed by atoms with Gasteiger partial charge in [-0.15, -0.1) is 0 Å². The molecule has 0 radical (unpaired) electrons. The van der Waals surface area contributed by atoms with Crippen molar-refractivity contribution in [1.82, 2.24) is 10.2 Å². The fourth-order valence-electron chi connectivity index (χ4n) is 2.84. The zero-order valence-corrected chi connectivity index (χ0v) is 18.1. The zero-order valence-electron chi connectivity index (χ0n) is 18.1. The first-order valence-corrected chi connectivity index (χ1v) is 10.1. The monoisotopic (exact) mass is 410 g/mol. The number of carbonyl (C=O) groups is 3. The van der Waals surface area contributed by atoms with E-state index in [9.17, 15) is 14.4 Å². The van der Waals surface area contributed by atoms with E-state index < -0.39 is 5.97 Å².